The number of para-hydroxylation sites is 2. The molecule has 0 saturated carbocycles. The molecule has 0 radical (unpaired) electrons. The molecule has 4 heteroatoms. The predicted molar refractivity (Wildman–Crippen MR) is 112 cm³/mol. The number of ether oxygens (including phenoxy) is 1. The van der Waals surface area contributed by atoms with Gasteiger partial charge in [0.1, 0.15) is 11.8 Å². The lowest BCUT2D eigenvalue weighted by molar-refractivity contribution is 0.207. The molecule has 0 spiro atoms. The molecule has 3 aromatic carbocycles. The molecule has 1 aliphatic rings. The van der Waals surface area contributed by atoms with Crippen LogP contribution >= 0.6 is 0 Å². The molecule has 1 heterocycles. The zero-order valence-corrected chi connectivity index (χ0v) is 15.4. The van der Waals surface area contributed by atoms with Crippen LogP contribution in [0, 0.1) is 23.2 Å². The number of nitriles is 1. The second-order valence-electron chi connectivity index (χ2n) is 6.36. The Balaban J connectivity index is 1.77. The van der Waals surface area contributed by atoms with E-state index in [4.69, 9.17) is 4.74 Å². The van der Waals surface area contributed by atoms with Gasteiger partial charge in [0.2, 0.25) is 0 Å². The predicted octanol–water partition coefficient (Wildman–Crippen LogP) is 5.03. The summed E-state index contributed by atoms with van der Waals surface area (Å²) in [4.78, 5) is 14.6. The summed E-state index contributed by atoms with van der Waals surface area (Å²) < 4.78 is 5.57. The molecular formula is C25H16N2O2. The van der Waals surface area contributed by atoms with Gasteiger partial charge in [-0.25, -0.2) is 4.79 Å². The molecule has 4 rings (SSSR count). The fraction of sp³-hybridized carbons (Fsp3) is 0.0400. The smallest absolute Gasteiger partial charge is 0.410 e. The van der Waals surface area contributed by atoms with Gasteiger partial charge < -0.3 is 4.74 Å². The van der Waals surface area contributed by atoms with Crippen molar-refractivity contribution in [2.24, 2.45) is 0 Å². The van der Waals surface area contributed by atoms with Gasteiger partial charge in [0.25, 0.3) is 0 Å². The van der Waals surface area contributed by atoms with Gasteiger partial charge in [-0.3, -0.25) is 4.90 Å². The van der Waals surface area contributed by atoms with Crippen LogP contribution < -0.4 is 9.64 Å². The van der Waals surface area contributed by atoms with E-state index in [-0.39, 0.29) is 0 Å². The van der Waals surface area contributed by atoms with Crippen molar-refractivity contribution in [2.75, 3.05) is 4.90 Å². The lowest BCUT2D eigenvalue weighted by Gasteiger charge is -2.31. The van der Waals surface area contributed by atoms with Gasteiger partial charge in [0.15, 0.2) is 0 Å². The average Bonchev–Trinajstić information content (AvgIpc) is 2.78. The van der Waals surface area contributed by atoms with Crippen molar-refractivity contribution in [1.82, 2.24) is 0 Å². The molecule has 0 aromatic heterocycles. The minimum atomic E-state index is -0.744. The van der Waals surface area contributed by atoms with Crippen molar-refractivity contribution >= 4 is 17.9 Å². The van der Waals surface area contributed by atoms with Crippen LogP contribution in [-0.2, 0) is 0 Å². The number of fused-ring (bicyclic) bond motifs is 1. The standard InChI is InChI=1S/C25H16N2O2/c26-18-21-17-20-11-7-8-14-23(20)27(25(28)29-22-12-5-2-6-13-22)24(21)16-15-19-9-3-1-4-10-19/h1-14,17,24H. The number of amides is 1. The molecule has 1 unspecified atom stereocenters. The van der Waals surface area contributed by atoms with Gasteiger partial charge >= 0.3 is 6.09 Å². The summed E-state index contributed by atoms with van der Waals surface area (Å²) in [6, 6.07) is 27.1. The molecule has 0 fully saturated rings. The number of hydrogen-bond donors (Lipinski definition) is 0. The van der Waals surface area contributed by atoms with Crippen LogP contribution in [0.15, 0.2) is 90.5 Å². The molecule has 3 aromatic rings. The van der Waals surface area contributed by atoms with E-state index in [1.807, 2.05) is 60.7 Å². The molecular weight excluding hydrogens is 360 g/mol. The van der Waals surface area contributed by atoms with Gasteiger partial charge in [-0.1, -0.05) is 66.4 Å². The number of carbonyl (C=O) groups is 1. The molecule has 0 bridgehead atoms. The van der Waals surface area contributed by atoms with Crippen LogP contribution in [0.5, 0.6) is 5.75 Å². The fourth-order valence-corrected chi connectivity index (χ4v) is 3.10. The Morgan fingerprint density at radius 3 is 2.28 bits per heavy atom. The minimum absolute atomic E-state index is 0.386. The summed E-state index contributed by atoms with van der Waals surface area (Å²) in [5.41, 5.74) is 2.61. The van der Waals surface area contributed by atoms with E-state index < -0.39 is 12.1 Å². The Morgan fingerprint density at radius 2 is 1.55 bits per heavy atom. The van der Waals surface area contributed by atoms with Crippen molar-refractivity contribution in [3.8, 4) is 23.7 Å². The van der Waals surface area contributed by atoms with Crippen LogP contribution in [0.4, 0.5) is 10.5 Å². The van der Waals surface area contributed by atoms with E-state index in [0.29, 0.717) is 17.0 Å². The number of nitrogens with zero attached hydrogens (tertiary/aromatic N) is 2. The monoisotopic (exact) mass is 376 g/mol. The molecule has 0 saturated heterocycles. The number of hydrogen-bond acceptors (Lipinski definition) is 3. The summed E-state index contributed by atoms with van der Waals surface area (Å²) in [5, 5.41) is 9.71. The normalized spacial score (nSPS) is 14.5. The van der Waals surface area contributed by atoms with E-state index >= 15 is 0 Å². The lowest BCUT2D eigenvalue weighted by atomic mass is 9.96. The van der Waals surface area contributed by atoms with E-state index in [2.05, 4.69) is 17.9 Å². The first kappa shape index (κ1) is 18.1. The van der Waals surface area contributed by atoms with Gasteiger partial charge in [-0.15, -0.1) is 0 Å². The maximum Gasteiger partial charge on any atom is 0.421 e. The largest absolute Gasteiger partial charge is 0.421 e. The van der Waals surface area contributed by atoms with E-state index in [9.17, 15) is 10.1 Å². The summed E-state index contributed by atoms with van der Waals surface area (Å²) >= 11 is 0. The van der Waals surface area contributed by atoms with Crippen molar-refractivity contribution in [3.05, 3.63) is 102 Å². The Labute approximate surface area is 169 Å². The van der Waals surface area contributed by atoms with Crippen molar-refractivity contribution in [2.45, 2.75) is 6.04 Å². The Morgan fingerprint density at radius 1 is 0.897 bits per heavy atom. The molecule has 1 amide bonds. The Bertz CT molecular complexity index is 1170. The lowest BCUT2D eigenvalue weighted by Crippen LogP contribution is -2.44. The topological polar surface area (TPSA) is 53.3 Å². The highest BCUT2D eigenvalue weighted by Crippen LogP contribution is 2.33. The van der Waals surface area contributed by atoms with Crippen LogP contribution in [0.25, 0.3) is 6.08 Å². The van der Waals surface area contributed by atoms with Crippen molar-refractivity contribution < 1.29 is 9.53 Å². The van der Waals surface area contributed by atoms with Gasteiger partial charge in [-0.05, 0) is 42.0 Å². The zero-order valence-electron chi connectivity index (χ0n) is 15.4. The first-order chi connectivity index (χ1) is 14.3. The number of anilines is 1. The Hall–Kier alpha value is -4.28. The quantitative estimate of drug-likeness (QED) is 0.560. The third-order valence-corrected chi connectivity index (χ3v) is 4.46. The summed E-state index contributed by atoms with van der Waals surface area (Å²) in [6.45, 7) is 0. The number of carbonyl (C=O) groups excluding carboxylic acids is 1. The number of rotatable bonds is 1. The van der Waals surface area contributed by atoms with Crippen LogP contribution in [0.1, 0.15) is 11.1 Å². The second kappa shape index (κ2) is 8.17. The van der Waals surface area contributed by atoms with Gasteiger partial charge in [-0.2, -0.15) is 5.26 Å². The molecule has 0 N–H and O–H groups in total. The Kier molecular flexibility index (Phi) is 5.10. The average molecular weight is 376 g/mol. The zero-order chi connectivity index (χ0) is 20.1. The highest BCUT2D eigenvalue weighted by molar-refractivity contribution is 5.97. The molecule has 4 nitrogen and oxygen atoms in total. The van der Waals surface area contributed by atoms with Crippen LogP contribution in [0.2, 0.25) is 0 Å². The van der Waals surface area contributed by atoms with Crippen molar-refractivity contribution in [3.63, 3.8) is 0 Å². The third kappa shape index (κ3) is 3.88. The summed E-state index contributed by atoms with van der Waals surface area (Å²) in [5.74, 6) is 6.58. The van der Waals surface area contributed by atoms with Crippen molar-refractivity contribution in [1.29, 1.82) is 5.26 Å². The van der Waals surface area contributed by atoms with E-state index in [1.54, 1.807) is 30.3 Å². The highest BCUT2D eigenvalue weighted by atomic mass is 16.6. The van der Waals surface area contributed by atoms with E-state index in [1.165, 1.54) is 4.90 Å². The van der Waals surface area contributed by atoms with Crippen LogP contribution in [0.3, 0.4) is 0 Å². The first-order valence-corrected chi connectivity index (χ1v) is 9.09. The van der Waals surface area contributed by atoms with E-state index in [0.717, 1.165) is 11.1 Å². The molecule has 138 valence electrons. The van der Waals surface area contributed by atoms with Gasteiger partial charge in [0.05, 0.1) is 17.3 Å². The minimum Gasteiger partial charge on any atom is -0.410 e. The molecule has 1 atom stereocenters. The van der Waals surface area contributed by atoms with Crippen LogP contribution in [-0.4, -0.2) is 12.1 Å². The molecule has 0 aliphatic carbocycles. The summed E-state index contributed by atoms with van der Waals surface area (Å²) in [7, 11) is 0. The second-order valence-corrected chi connectivity index (χ2v) is 6.36. The first-order valence-electron chi connectivity index (χ1n) is 9.09. The summed E-state index contributed by atoms with van der Waals surface area (Å²) in [6.07, 6.45) is 1.18. The maximum atomic E-state index is 13.1. The maximum absolute atomic E-state index is 13.1. The SMILES string of the molecule is N#CC1=Cc2ccccc2N(C(=O)Oc2ccccc2)C1C#Cc1ccccc1. The highest BCUT2D eigenvalue weighted by Gasteiger charge is 2.33. The fourth-order valence-electron chi connectivity index (χ4n) is 3.10. The molecule has 1 aliphatic heterocycles. The number of benzene rings is 3. The third-order valence-electron chi connectivity index (χ3n) is 4.46. The van der Waals surface area contributed by atoms with Gasteiger partial charge in [0, 0.05) is 5.56 Å². The molecule has 29 heavy (non-hydrogen) atoms.